The molecule has 0 saturated heterocycles. The number of rotatable bonds is 6. The van der Waals surface area contributed by atoms with E-state index in [0.717, 1.165) is 12.8 Å². The lowest BCUT2D eigenvalue weighted by molar-refractivity contribution is -0.132. The first-order chi connectivity index (χ1) is 8.22. The number of carboxylic acid groups (broad SMARTS) is 1. The highest BCUT2D eigenvalue weighted by Gasteiger charge is 2.15. The van der Waals surface area contributed by atoms with Crippen molar-refractivity contribution in [3.05, 3.63) is 11.6 Å². The molecule has 0 atom stereocenters. The van der Waals surface area contributed by atoms with Crippen LogP contribution in [0.3, 0.4) is 0 Å². The van der Waals surface area contributed by atoms with Crippen molar-refractivity contribution in [2.75, 3.05) is 6.54 Å². The first-order valence-electron chi connectivity index (χ1n) is 6.09. The normalized spacial score (nSPS) is 12.1. The molecule has 0 aromatic rings. The number of hydrogen-bond donors (Lipinski definition) is 2. The first-order valence-corrected chi connectivity index (χ1v) is 6.09. The van der Waals surface area contributed by atoms with Gasteiger partial charge < -0.3 is 15.2 Å². The Morgan fingerprint density at radius 1 is 1.28 bits per heavy atom. The Kier molecular flexibility index (Phi) is 7.08. The molecule has 104 valence electrons. The molecule has 0 fully saturated rings. The van der Waals surface area contributed by atoms with Crippen LogP contribution in [0.5, 0.6) is 0 Å². The fraction of sp³-hybridized carbons (Fsp3) is 0.692. The van der Waals surface area contributed by atoms with Gasteiger partial charge in [0, 0.05) is 12.1 Å². The van der Waals surface area contributed by atoms with E-state index in [1.165, 1.54) is 0 Å². The number of aliphatic carboxylic acids is 1. The van der Waals surface area contributed by atoms with Gasteiger partial charge in [-0.1, -0.05) is 6.08 Å². The predicted molar refractivity (Wildman–Crippen MR) is 69.5 cm³/mol. The third kappa shape index (κ3) is 9.69. The fourth-order valence-electron chi connectivity index (χ4n) is 1.18. The van der Waals surface area contributed by atoms with Crippen LogP contribution in [0.25, 0.3) is 0 Å². The molecule has 0 aliphatic carbocycles. The molecular formula is C13H23NO4. The van der Waals surface area contributed by atoms with Gasteiger partial charge in [0.2, 0.25) is 0 Å². The molecule has 0 saturated carbocycles. The smallest absolute Gasteiger partial charge is 0.407 e. The SMILES string of the molecule is CC(=CCCCCNC(=O)OC(C)(C)C)C(=O)O. The highest BCUT2D eigenvalue weighted by Crippen LogP contribution is 2.06. The number of carboxylic acids is 1. The number of alkyl carbamates (subject to hydrolysis) is 1. The number of allylic oxidation sites excluding steroid dienone is 1. The van der Waals surface area contributed by atoms with Crippen LogP contribution in [0, 0.1) is 0 Å². The predicted octanol–water partition coefficient (Wildman–Crippen LogP) is 2.71. The van der Waals surface area contributed by atoms with E-state index in [0.29, 0.717) is 18.5 Å². The van der Waals surface area contributed by atoms with Gasteiger partial charge in [-0.3, -0.25) is 0 Å². The molecule has 0 aromatic carbocycles. The molecule has 18 heavy (non-hydrogen) atoms. The van der Waals surface area contributed by atoms with Crippen LogP contribution in [0.1, 0.15) is 47.0 Å². The van der Waals surface area contributed by atoms with Crippen molar-refractivity contribution in [3.8, 4) is 0 Å². The van der Waals surface area contributed by atoms with Crippen LogP contribution in [0.4, 0.5) is 4.79 Å². The number of carbonyl (C=O) groups excluding carboxylic acids is 1. The maximum atomic E-state index is 11.3. The van der Waals surface area contributed by atoms with Crippen molar-refractivity contribution in [2.45, 2.75) is 52.6 Å². The topological polar surface area (TPSA) is 75.6 Å². The average molecular weight is 257 g/mol. The van der Waals surface area contributed by atoms with Gasteiger partial charge in [-0.25, -0.2) is 9.59 Å². The van der Waals surface area contributed by atoms with E-state index in [1.807, 2.05) is 20.8 Å². The van der Waals surface area contributed by atoms with Crippen molar-refractivity contribution in [1.29, 1.82) is 0 Å². The lowest BCUT2D eigenvalue weighted by atomic mass is 10.2. The second-order valence-electron chi connectivity index (χ2n) is 5.12. The Morgan fingerprint density at radius 2 is 1.89 bits per heavy atom. The van der Waals surface area contributed by atoms with E-state index in [1.54, 1.807) is 13.0 Å². The lowest BCUT2D eigenvalue weighted by Crippen LogP contribution is -2.32. The average Bonchev–Trinajstić information content (AvgIpc) is 2.19. The molecule has 0 aliphatic rings. The van der Waals surface area contributed by atoms with Crippen LogP contribution in [0.2, 0.25) is 0 Å². The largest absolute Gasteiger partial charge is 0.478 e. The minimum absolute atomic E-state index is 0.357. The van der Waals surface area contributed by atoms with E-state index in [2.05, 4.69) is 5.32 Å². The number of amides is 1. The molecule has 0 rings (SSSR count). The Morgan fingerprint density at radius 3 is 2.39 bits per heavy atom. The summed E-state index contributed by atoms with van der Waals surface area (Å²) in [6.07, 6.45) is 3.60. The summed E-state index contributed by atoms with van der Waals surface area (Å²) in [5, 5.41) is 11.3. The molecule has 0 spiro atoms. The number of nitrogens with one attached hydrogen (secondary N) is 1. The highest BCUT2D eigenvalue weighted by molar-refractivity contribution is 5.85. The van der Waals surface area contributed by atoms with E-state index < -0.39 is 17.7 Å². The minimum Gasteiger partial charge on any atom is -0.478 e. The summed E-state index contributed by atoms with van der Waals surface area (Å²) in [7, 11) is 0. The third-order valence-electron chi connectivity index (χ3n) is 2.09. The van der Waals surface area contributed by atoms with Gasteiger partial charge in [-0.2, -0.15) is 0 Å². The second-order valence-corrected chi connectivity index (χ2v) is 5.12. The molecule has 1 amide bonds. The Labute approximate surface area is 108 Å². The summed E-state index contributed by atoms with van der Waals surface area (Å²) < 4.78 is 5.07. The molecular weight excluding hydrogens is 234 g/mol. The van der Waals surface area contributed by atoms with Crippen LogP contribution in [-0.4, -0.2) is 29.3 Å². The number of hydrogen-bond acceptors (Lipinski definition) is 3. The van der Waals surface area contributed by atoms with Gasteiger partial charge >= 0.3 is 12.1 Å². The molecule has 5 heteroatoms. The zero-order valence-electron chi connectivity index (χ0n) is 11.6. The molecule has 0 unspecified atom stereocenters. The zero-order chi connectivity index (χ0) is 14.2. The molecule has 2 N–H and O–H groups in total. The molecule has 5 nitrogen and oxygen atoms in total. The van der Waals surface area contributed by atoms with Crippen LogP contribution in [-0.2, 0) is 9.53 Å². The summed E-state index contributed by atoms with van der Waals surface area (Å²) >= 11 is 0. The Bertz CT molecular complexity index is 315. The van der Waals surface area contributed by atoms with Gasteiger partial charge in [0.05, 0.1) is 0 Å². The second kappa shape index (κ2) is 7.74. The van der Waals surface area contributed by atoms with Gasteiger partial charge in [0.1, 0.15) is 5.60 Å². The monoisotopic (exact) mass is 257 g/mol. The molecule has 0 aliphatic heterocycles. The summed E-state index contributed by atoms with van der Waals surface area (Å²) in [6, 6.07) is 0. The molecule has 0 aromatic heterocycles. The first kappa shape index (κ1) is 16.5. The van der Waals surface area contributed by atoms with E-state index in [4.69, 9.17) is 9.84 Å². The standard InChI is InChI=1S/C13H23NO4/c1-10(11(15)16)8-6-5-7-9-14-12(17)18-13(2,3)4/h8H,5-7,9H2,1-4H3,(H,14,17)(H,15,16). The van der Waals surface area contributed by atoms with Crippen LogP contribution >= 0.6 is 0 Å². The van der Waals surface area contributed by atoms with Gasteiger partial charge in [0.25, 0.3) is 0 Å². The minimum atomic E-state index is -0.887. The Balaban J connectivity index is 3.61. The van der Waals surface area contributed by atoms with Crippen molar-refractivity contribution < 1.29 is 19.4 Å². The highest BCUT2D eigenvalue weighted by atomic mass is 16.6. The van der Waals surface area contributed by atoms with Gasteiger partial charge in [0.15, 0.2) is 0 Å². The number of carbonyl (C=O) groups is 2. The summed E-state index contributed by atoms with van der Waals surface area (Å²) in [6.45, 7) is 7.54. The maximum absolute atomic E-state index is 11.3. The summed E-state index contributed by atoms with van der Waals surface area (Å²) in [5.41, 5.74) is -0.124. The van der Waals surface area contributed by atoms with Crippen LogP contribution < -0.4 is 5.32 Å². The van der Waals surface area contributed by atoms with E-state index in [9.17, 15) is 9.59 Å². The number of ether oxygens (including phenoxy) is 1. The molecule has 0 radical (unpaired) electrons. The molecule has 0 bridgehead atoms. The Hall–Kier alpha value is -1.52. The quantitative estimate of drug-likeness (QED) is 0.566. The zero-order valence-corrected chi connectivity index (χ0v) is 11.6. The van der Waals surface area contributed by atoms with Crippen molar-refractivity contribution in [2.24, 2.45) is 0 Å². The summed E-state index contributed by atoms with van der Waals surface area (Å²) in [5.74, 6) is -0.887. The fourth-order valence-corrected chi connectivity index (χ4v) is 1.18. The van der Waals surface area contributed by atoms with Crippen molar-refractivity contribution in [1.82, 2.24) is 5.32 Å². The maximum Gasteiger partial charge on any atom is 0.407 e. The third-order valence-corrected chi connectivity index (χ3v) is 2.09. The van der Waals surface area contributed by atoms with E-state index in [-0.39, 0.29) is 0 Å². The molecule has 0 heterocycles. The van der Waals surface area contributed by atoms with E-state index >= 15 is 0 Å². The van der Waals surface area contributed by atoms with Gasteiger partial charge in [-0.05, 0) is 47.0 Å². The van der Waals surface area contributed by atoms with Crippen molar-refractivity contribution in [3.63, 3.8) is 0 Å². The van der Waals surface area contributed by atoms with Crippen LogP contribution in [0.15, 0.2) is 11.6 Å². The summed E-state index contributed by atoms with van der Waals surface area (Å²) in [4.78, 5) is 21.8. The van der Waals surface area contributed by atoms with Gasteiger partial charge in [-0.15, -0.1) is 0 Å². The number of unbranched alkanes of at least 4 members (excludes halogenated alkanes) is 2. The van der Waals surface area contributed by atoms with Crippen molar-refractivity contribution >= 4 is 12.1 Å². The lowest BCUT2D eigenvalue weighted by Gasteiger charge is -2.19.